The topological polar surface area (TPSA) is 54.5 Å². The largest absolute Gasteiger partial charge is 0.441 e. The first kappa shape index (κ1) is 14.5. The average molecular weight is 311 g/mol. The Bertz CT molecular complexity index is 733. The highest BCUT2D eigenvalue weighted by atomic mass is 16.6. The number of hydrogen-bond acceptors (Lipinski definition) is 4. The van der Waals surface area contributed by atoms with Gasteiger partial charge in [0.05, 0.1) is 17.8 Å². The van der Waals surface area contributed by atoms with Crippen LogP contribution in [0.3, 0.4) is 0 Å². The van der Waals surface area contributed by atoms with Crippen LogP contribution < -0.4 is 5.32 Å². The molecule has 0 aliphatic carbocycles. The molecule has 1 aromatic heterocycles. The molecule has 5 heteroatoms. The minimum absolute atomic E-state index is 0.269. The summed E-state index contributed by atoms with van der Waals surface area (Å²) in [7, 11) is 0. The lowest BCUT2D eigenvalue weighted by molar-refractivity contribution is 0.0443. The molecular weight excluding hydrogens is 290 g/mol. The average Bonchev–Trinajstić information content (AvgIpc) is 2.82. The Labute approximate surface area is 135 Å². The Balaban J connectivity index is 1.45. The lowest BCUT2D eigenvalue weighted by atomic mass is 9.95. The maximum atomic E-state index is 11.4. The van der Waals surface area contributed by atoms with E-state index in [9.17, 15) is 4.79 Å². The second kappa shape index (κ2) is 5.81. The summed E-state index contributed by atoms with van der Waals surface area (Å²) in [5.41, 5.74) is 1.86. The third-order valence-electron chi connectivity index (χ3n) is 4.90. The molecule has 2 aliphatic heterocycles. The van der Waals surface area contributed by atoms with Gasteiger partial charge in [0, 0.05) is 24.9 Å². The van der Waals surface area contributed by atoms with Crippen LogP contribution in [-0.2, 0) is 11.3 Å². The first-order valence-corrected chi connectivity index (χ1v) is 8.26. The molecule has 0 bridgehead atoms. The Kier molecular flexibility index (Phi) is 3.65. The standard InChI is InChI=1S/C18H21N3O2/c22-17-19-13-18(23-17)8-3-10-21(11-9-18)12-15-7-6-14-4-1-2-5-16(14)20-15/h1-2,4-7H,3,8-13H2,(H,19,22)/t18-/m1/s1. The number of nitrogens with zero attached hydrogens (tertiary/aromatic N) is 2. The van der Waals surface area contributed by atoms with Gasteiger partial charge in [0.15, 0.2) is 0 Å². The van der Waals surface area contributed by atoms with Gasteiger partial charge in [-0.1, -0.05) is 24.3 Å². The highest BCUT2D eigenvalue weighted by Crippen LogP contribution is 2.29. The molecule has 1 amide bonds. The summed E-state index contributed by atoms with van der Waals surface area (Å²) >= 11 is 0. The zero-order chi connectivity index (χ0) is 15.7. The van der Waals surface area contributed by atoms with Gasteiger partial charge in [-0.2, -0.15) is 0 Å². The summed E-state index contributed by atoms with van der Waals surface area (Å²) in [4.78, 5) is 18.5. The molecule has 5 nitrogen and oxygen atoms in total. The summed E-state index contributed by atoms with van der Waals surface area (Å²) in [6.07, 6.45) is 2.60. The van der Waals surface area contributed by atoms with Gasteiger partial charge >= 0.3 is 6.09 Å². The first-order valence-electron chi connectivity index (χ1n) is 8.26. The molecule has 0 unspecified atom stereocenters. The van der Waals surface area contributed by atoms with Crippen LogP contribution in [0.15, 0.2) is 36.4 Å². The lowest BCUT2D eigenvalue weighted by Gasteiger charge is -2.24. The molecule has 1 spiro atoms. The van der Waals surface area contributed by atoms with E-state index in [2.05, 4.69) is 34.5 Å². The van der Waals surface area contributed by atoms with E-state index in [1.165, 1.54) is 5.39 Å². The van der Waals surface area contributed by atoms with Crippen molar-refractivity contribution in [3.05, 3.63) is 42.1 Å². The fourth-order valence-corrected chi connectivity index (χ4v) is 3.59. The smallest absolute Gasteiger partial charge is 0.407 e. The second-order valence-corrected chi connectivity index (χ2v) is 6.55. The maximum absolute atomic E-state index is 11.4. The van der Waals surface area contributed by atoms with Gasteiger partial charge < -0.3 is 10.1 Å². The van der Waals surface area contributed by atoms with Crippen molar-refractivity contribution in [1.82, 2.24) is 15.2 Å². The van der Waals surface area contributed by atoms with Crippen molar-refractivity contribution >= 4 is 17.0 Å². The third-order valence-corrected chi connectivity index (χ3v) is 4.90. The molecule has 1 aromatic carbocycles. The first-order chi connectivity index (χ1) is 11.2. The maximum Gasteiger partial charge on any atom is 0.407 e. The van der Waals surface area contributed by atoms with E-state index in [1.807, 2.05) is 12.1 Å². The minimum Gasteiger partial charge on any atom is -0.441 e. The van der Waals surface area contributed by atoms with Crippen LogP contribution in [0.4, 0.5) is 4.79 Å². The number of rotatable bonds is 2. The molecule has 3 heterocycles. The summed E-state index contributed by atoms with van der Waals surface area (Å²) in [6, 6.07) is 12.5. The summed E-state index contributed by atoms with van der Waals surface area (Å²) < 4.78 is 5.53. The number of fused-ring (bicyclic) bond motifs is 1. The number of benzene rings is 1. The predicted octanol–water partition coefficient (Wildman–Crippen LogP) is 2.70. The van der Waals surface area contributed by atoms with Gasteiger partial charge in [0.25, 0.3) is 0 Å². The quantitative estimate of drug-likeness (QED) is 0.926. The number of pyridine rings is 1. The molecule has 1 N–H and O–H groups in total. The van der Waals surface area contributed by atoms with Crippen molar-refractivity contribution in [3.8, 4) is 0 Å². The van der Waals surface area contributed by atoms with Crippen molar-refractivity contribution < 1.29 is 9.53 Å². The van der Waals surface area contributed by atoms with Crippen LogP contribution >= 0.6 is 0 Å². The van der Waals surface area contributed by atoms with Gasteiger partial charge in [-0.05, 0) is 31.5 Å². The van der Waals surface area contributed by atoms with Gasteiger partial charge in [-0.25, -0.2) is 4.79 Å². The number of alkyl carbamates (subject to hydrolysis) is 1. The van der Waals surface area contributed by atoms with Crippen LogP contribution in [0.5, 0.6) is 0 Å². The van der Waals surface area contributed by atoms with Crippen LogP contribution in [-0.4, -0.2) is 41.2 Å². The zero-order valence-electron chi connectivity index (χ0n) is 13.1. The molecule has 120 valence electrons. The number of hydrogen-bond donors (Lipinski definition) is 1. The predicted molar refractivity (Wildman–Crippen MR) is 88.1 cm³/mol. The Morgan fingerprint density at radius 2 is 2.09 bits per heavy atom. The molecule has 2 saturated heterocycles. The van der Waals surface area contributed by atoms with Crippen LogP contribution in [0.25, 0.3) is 10.9 Å². The number of likely N-dealkylation sites (tertiary alicyclic amines) is 1. The van der Waals surface area contributed by atoms with Gasteiger partial charge in [-0.15, -0.1) is 0 Å². The molecule has 2 aromatic rings. The van der Waals surface area contributed by atoms with Gasteiger partial charge in [0.2, 0.25) is 0 Å². The normalized spacial score (nSPS) is 25.3. The Morgan fingerprint density at radius 3 is 2.96 bits per heavy atom. The van der Waals surface area contributed by atoms with Crippen LogP contribution in [0, 0.1) is 0 Å². The number of carbonyl (C=O) groups excluding carboxylic acids is 1. The van der Waals surface area contributed by atoms with E-state index >= 15 is 0 Å². The van der Waals surface area contributed by atoms with Crippen molar-refractivity contribution in [2.45, 2.75) is 31.4 Å². The molecule has 1 atom stereocenters. The number of aromatic nitrogens is 1. The van der Waals surface area contributed by atoms with Crippen LogP contribution in [0.2, 0.25) is 0 Å². The molecule has 2 fully saturated rings. The van der Waals surface area contributed by atoms with Crippen molar-refractivity contribution in [2.24, 2.45) is 0 Å². The van der Waals surface area contributed by atoms with Gasteiger partial charge in [0.1, 0.15) is 5.60 Å². The molecule has 0 radical (unpaired) electrons. The second-order valence-electron chi connectivity index (χ2n) is 6.55. The van der Waals surface area contributed by atoms with E-state index in [4.69, 9.17) is 9.72 Å². The Hall–Kier alpha value is -2.14. The monoisotopic (exact) mass is 311 g/mol. The van der Waals surface area contributed by atoms with Crippen molar-refractivity contribution in [1.29, 1.82) is 0 Å². The van der Waals surface area contributed by atoms with Crippen molar-refractivity contribution in [3.63, 3.8) is 0 Å². The highest BCUT2D eigenvalue weighted by Gasteiger charge is 2.41. The lowest BCUT2D eigenvalue weighted by Crippen LogP contribution is -2.34. The van der Waals surface area contributed by atoms with Crippen molar-refractivity contribution in [2.75, 3.05) is 19.6 Å². The van der Waals surface area contributed by atoms with E-state index in [-0.39, 0.29) is 11.7 Å². The van der Waals surface area contributed by atoms with E-state index < -0.39 is 0 Å². The zero-order valence-corrected chi connectivity index (χ0v) is 13.1. The third kappa shape index (κ3) is 3.01. The Morgan fingerprint density at radius 1 is 1.17 bits per heavy atom. The fourth-order valence-electron chi connectivity index (χ4n) is 3.59. The number of para-hydroxylation sites is 1. The molecule has 0 saturated carbocycles. The van der Waals surface area contributed by atoms with E-state index in [1.54, 1.807) is 0 Å². The molecule has 2 aliphatic rings. The summed E-state index contributed by atoms with van der Waals surface area (Å²) in [5, 5.41) is 3.98. The molecule has 23 heavy (non-hydrogen) atoms. The number of nitrogens with one attached hydrogen (secondary N) is 1. The number of carbonyl (C=O) groups is 1. The van der Waals surface area contributed by atoms with E-state index in [0.29, 0.717) is 6.54 Å². The van der Waals surface area contributed by atoms with E-state index in [0.717, 1.165) is 50.1 Å². The number of amides is 1. The van der Waals surface area contributed by atoms with Gasteiger partial charge in [-0.3, -0.25) is 9.88 Å². The SMILES string of the molecule is O=C1NC[C@]2(CCCN(Cc3ccc4ccccc4n3)CC2)O1. The van der Waals surface area contributed by atoms with Crippen LogP contribution in [0.1, 0.15) is 25.0 Å². The fraction of sp³-hybridized carbons (Fsp3) is 0.444. The molecular formula is C18H21N3O2. The summed E-state index contributed by atoms with van der Waals surface area (Å²) in [5.74, 6) is 0. The number of ether oxygens (including phenoxy) is 1. The summed E-state index contributed by atoms with van der Waals surface area (Å²) in [6.45, 7) is 3.45. The molecule has 4 rings (SSSR count). The highest BCUT2D eigenvalue weighted by molar-refractivity contribution is 5.78. The minimum atomic E-state index is -0.289.